The van der Waals surface area contributed by atoms with Crippen LogP contribution in [0.5, 0.6) is 0 Å². The van der Waals surface area contributed by atoms with Crippen LogP contribution in [0.25, 0.3) is 0 Å². The minimum atomic E-state index is -1.27. The molecule has 1 fully saturated rings. The first-order valence-electron chi connectivity index (χ1n) is 7.01. The third-order valence-corrected chi connectivity index (χ3v) is 4.16. The minimum Gasteiger partial charge on any atom is -0.461 e. The number of carbonyl (C=O) groups is 3. The number of anilines is 1. The summed E-state index contributed by atoms with van der Waals surface area (Å²) in [6.45, 7) is 1.66. The second kappa shape index (κ2) is 6.11. The quantitative estimate of drug-likeness (QED) is 0.431. The van der Waals surface area contributed by atoms with E-state index in [1.807, 2.05) is 0 Å². The lowest BCUT2D eigenvalue weighted by molar-refractivity contribution is -0.136. The zero-order chi connectivity index (χ0) is 17.4. The van der Waals surface area contributed by atoms with Gasteiger partial charge in [0.2, 0.25) is 5.91 Å². The Morgan fingerprint density at radius 1 is 1.38 bits per heavy atom. The first kappa shape index (κ1) is 16.2. The highest BCUT2D eigenvalue weighted by atomic mass is 79.9. The van der Waals surface area contributed by atoms with Gasteiger partial charge in [0.25, 0.3) is 5.91 Å². The zero-order valence-electron chi connectivity index (χ0n) is 12.4. The number of nitroso groups, excluding NO2 is 1. The average Bonchev–Trinajstić information content (AvgIpc) is 3.05. The van der Waals surface area contributed by atoms with Gasteiger partial charge in [-0.15, -0.1) is 15.1 Å². The summed E-state index contributed by atoms with van der Waals surface area (Å²) in [4.78, 5) is 49.2. The number of fused-ring (bicyclic) bond motifs is 1. The molecular formula is C14H11BrN4O5. The number of ether oxygens (including phenoxy) is 1. The van der Waals surface area contributed by atoms with E-state index in [9.17, 15) is 19.3 Å². The lowest BCUT2D eigenvalue weighted by Crippen LogP contribution is -2.36. The molecule has 0 spiro atoms. The van der Waals surface area contributed by atoms with Crippen LogP contribution in [0.4, 0.5) is 5.69 Å². The average molecular weight is 395 g/mol. The molecule has 124 valence electrons. The third kappa shape index (κ3) is 2.39. The topological polar surface area (TPSA) is 109 Å². The van der Waals surface area contributed by atoms with Crippen LogP contribution in [-0.2, 0) is 19.1 Å². The number of imide groups is 1. The lowest BCUT2D eigenvalue weighted by Gasteiger charge is -2.16. The van der Waals surface area contributed by atoms with E-state index in [0.29, 0.717) is 15.3 Å². The number of hydrazone groups is 1. The molecule has 10 heteroatoms. The van der Waals surface area contributed by atoms with Crippen molar-refractivity contribution in [1.29, 1.82) is 0 Å². The van der Waals surface area contributed by atoms with Gasteiger partial charge in [-0.05, 0) is 25.1 Å². The molecule has 9 nitrogen and oxygen atoms in total. The molecule has 1 aromatic carbocycles. The van der Waals surface area contributed by atoms with E-state index in [0.717, 1.165) is 4.90 Å². The number of benzene rings is 1. The molecule has 2 aliphatic heterocycles. The Morgan fingerprint density at radius 3 is 2.75 bits per heavy atom. The Morgan fingerprint density at radius 2 is 2.12 bits per heavy atom. The normalized spacial score (nSPS) is 22.5. The Kier molecular flexibility index (Phi) is 4.14. The maximum atomic E-state index is 12.7. The molecule has 0 aromatic heterocycles. The fourth-order valence-electron chi connectivity index (χ4n) is 2.70. The molecule has 0 N–H and O–H groups in total. The van der Waals surface area contributed by atoms with Gasteiger partial charge in [0.15, 0.2) is 11.8 Å². The van der Waals surface area contributed by atoms with Gasteiger partial charge >= 0.3 is 5.97 Å². The van der Waals surface area contributed by atoms with Crippen molar-refractivity contribution < 1.29 is 19.1 Å². The third-order valence-electron chi connectivity index (χ3n) is 3.66. The van der Waals surface area contributed by atoms with Crippen molar-refractivity contribution in [2.24, 2.45) is 16.3 Å². The lowest BCUT2D eigenvalue weighted by atomic mass is 9.98. The SMILES string of the molecule is CCOC(=O)C1=NN(N=O)[C@@H]2C(=O)N(c3cccc(Br)c3)C(=O)[C@H]12. The number of nitrogens with zero attached hydrogens (tertiary/aromatic N) is 4. The molecule has 2 aliphatic rings. The maximum Gasteiger partial charge on any atom is 0.355 e. The van der Waals surface area contributed by atoms with Crippen molar-refractivity contribution in [2.45, 2.75) is 13.0 Å². The highest BCUT2D eigenvalue weighted by Gasteiger charge is 2.59. The number of hydrogen-bond donors (Lipinski definition) is 0. The van der Waals surface area contributed by atoms with Crippen LogP contribution in [0, 0.1) is 10.8 Å². The first-order chi connectivity index (χ1) is 11.5. The summed E-state index contributed by atoms with van der Waals surface area (Å²) in [5.41, 5.74) is 0.0279. The van der Waals surface area contributed by atoms with E-state index >= 15 is 0 Å². The predicted octanol–water partition coefficient (Wildman–Crippen LogP) is 1.22. The summed E-state index contributed by atoms with van der Waals surface area (Å²) >= 11 is 3.27. The van der Waals surface area contributed by atoms with Gasteiger partial charge in [-0.1, -0.05) is 22.0 Å². The van der Waals surface area contributed by atoms with Crippen LogP contribution in [0.1, 0.15) is 6.92 Å². The predicted molar refractivity (Wildman–Crippen MR) is 85.6 cm³/mol. The largest absolute Gasteiger partial charge is 0.461 e. The number of carbonyl (C=O) groups excluding carboxylic acids is 3. The van der Waals surface area contributed by atoms with Gasteiger partial charge in [0.05, 0.1) is 17.6 Å². The summed E-state index contributed by atoms with van der Waals surface area (Å²) < 4.78 is 5.51. The molecular weight excluding hydrogens is 384 g/mol. The van der Waals surface area contributed by atoms with Gasteiger partial charge in [-0.2, -0.15) is 0 Å². The molecule has 0 unspecified atom stereocenters. The van der Waals surface area contributed by atoms with E-state index in [1.54, 1.807) is 31.2 Å². The molecule has 0 aliphatic carbocycles. The number of amides is 2. The van der Waals surface area contributed by atoms with Gasteiger partial charge in [-0.25, -0.2) is 9.69 Å². The Bertz CT molecular complexity index is 780. The van der Waals surface area contributed by atoms with Crippen molar-refractivity contribution in [3.8, 4) is 0 Å². The maximum absolute atomic E-state index is 12.7. The second-order valence-corrected chi connectivity index (χ2v) is 5.94. The van der Waals surface area contributed by atoms with Crippen LogP contribution in [0.2, 0.25) is 0 Å². The van der Waals surface area contributed by atoms with Crippen molar-refractivity contribution in [3.05, 3.63) is 33.6 Å². The molecule has 0 bridgehead atoms. The summed E-state index contributed by atoms with van der Waals surface area (Å²) in [7, 11) is 0. The van der Waals surface area contributed by atoms with E-state index < -0.39 is 29.7 Å². The van der Waals surface area contributed by atoms with Crippen LogP contribution in [0.3, 0.4) is 0 Å². The van der Waals surface area contributed by atoms with Crippen LogP contribution < -0.4 is 4.90 Å². The Balaban J connectivity index is 2.02. The molecule has 1 aromatic rings. The molecule has 2 atom stereocenters. The van der Waals surface area contributed by atoms with Crippen LogP contribution in [0.15, 0.2) is 39.1 Å². The standard InChI is InChI=1S/C14H11BrN4O5/c1-2-24-14(22)10-9-11(19(16-10)17-23)13(21)18(12(9)20)8-5-3-4-7(15)6-8/h3-6,9,11H,2H2,1H3/t9-,11+/m1/s1. The number of rotatable bonds is 4. The molecule has 2 amide bonds. The molecule has 0 saturated carbocycles. The first-order valence-corrected chi connectivity index (χ1v) is 7.80. The Labute approximate surface area is 144 Å². The van der Waals surface area contributed by atoms with Crippen molar-refractivity contribution in [2.75, 3.05) is 11.5 Å². The van der Waals surface area contributed by atoms with Crippen molar-refractivity contribution in [3.63, 3.8) is 0 Å². The number of esters is 1. The van der Waals surface area contributed by atoms with E-state index in [1.165, 1.54) is 0 Å². The Hall–Kier alpha value is -2.62. The fourth-order valence-corrected chi connectivity index (χ4v) is 3.09. The molecule has 2 heterocycles. The number of hydrogen-bond acceptors (Lipinski definition) is 7. The second-order valence-electron chi connectivity index (χ2n) is 5.02. The van der Waals surface area contributed by atoms with E-state index in [-0.39, 0.29) is 12.3 Å². The zero-order valence-corrected chi connectivity index (χ0v) is 14.0. The smallest absolute Gasteiger partial charge is 0.355 e. The molecule has 3 rings (SSSR count). The van der Waals surface area contributed by atoms with Gasteiger partial charge < -0.3 is 4.74 Å². The summed E-state index contributed by atoms with van der Waals surface area (Å²) in [6.07, 6.45) is 0. The van der Waals surface area contributed by atoms with Gasteiger partial charge in [-0.3, -0.25) is 9.59 Å². The highest BCUT2D eigenvalue weighted by Crippen LogP contribution is 2.36. The molecule has 24 heavy (non-hydrogen) atoms. The van der Waals surface area contributed by atoms with Crippen LogP contribution in [-0.4, -0.2) is 41.3 Å². The summed E-state index contributed by atoms with van der Waals surface area (Å²) in [5, 5.41) is 6.86. The van der Waals surface area contributed by atoms with Crippen molar-refractivity contribution >= 4 is 45.1 Å². The van der Waals surface area contributed by atoms with E-state index in [2.05, 4.69) is 26.3 Å². The van der Waals surface area contributed by atoms with Gasteiger partial charge in [0, 0.05) is 4.47 Å². The minimum absolute atomic E-state index is 0.0707. The summed E-state index contributed by atoms with van der Waals surface area (Å²) in [6, 6.07) is 5.27. The number of halogens is 1. The van der Waals surface area contributed by atoms with E-state index in [4.69, 9.17) is 4.74 Å². The fraction of sp³-hybridized carbons (Fsp3) is 0.286. The summed E-state index contributed by atoms with van der Waals surface area (Å²) in [5.74, 6) is -3.39. The van der Waals surface area contributed by atoms with Crippen molar-refractivity contribution in [1.82, 2.24) is 5.12 Å². The molecule has 0 radical (unpaired) electrons. The highest BCUT2D eigenvalue weighted by molar-refractivity contribution is 9.10. The van der Waals surface area contributed by atoms with Crippen LogP contribution >= 0.6 is 15.9 Å². The van der Waals surface area contributed by atoms with Gasteiger partial charge in [0.1, 0.15) is 5.92 Å². The monoisotopic (exact) mass is 394 g/mol. The molecule has 1 saturated heterocycles.